The van der Waals surface area contributed by atoms with Gasteiger partial charge in [0.05, 0.1) is 5.69 Å². The molecule has 0 saturated heterocycles. The molecule has 19 heavy (non-hydrogen) atoms. The van der Waals surface area contributed by atoms with E-state index in [9.17, 15) is 22.0 Å². The molecule has 0 aliphatic rings. The minimum Gasteiger partial charge on any atom is -0.382 e. The first-order valence-electron chi connectivity index (χ1n) is 4.95. The van der Waals surface area contributed by atoms with E-state index in [-0.39, 0.29) is 0 Å². The van der Waals surface area contributed by atoms with Crippen molar-refractivity contribution in [2.45, 2.75) is 6.18 Å². The lowest BCUT2D eigenvalue weighted by Crippen LogP contribution is -2.12. The summed E-state index contributed by atoms with van der Waals surface area (Å²) in [6.45, 7) is 0. The number of hydrogen-bond donors (Lipinski definition) is 1. The van der Waals surface area contributed by atoms with Gasteiger partial charge in [-0.25, -0.2) is 8.78 Å². The average molecular weight is 275 g/mol. The Morgan fingerprint density at radius 2 is 1.68 bits per heavy atom. The molecule has 0 spiro atoms. The second kappa shape index (κ2) is 4.45. The summed E-state index contributed by atoms with van der Waals surface area (Å²) in [6, 6.07) is 2.89. The molecule has 1 aromatic heterocycles. The van der Waals surface area contributed by atoms with Crippen LogP contribution in [0, 0.1) is 11.6 Å². The minimum absolute atomic E-state index is 0.419. The summed E-state index contributed by atoms with van der Waals surface area (Å²) in [7, 11) is 0. The van der Waals surface area contributed by atoms with Crippen LogP contribution < -0.4 is 5.73 Å². The van der Waals surface area contributed by atoms with Crippen molar-refractivity contribution in [3.05, 3.63) is 41.5 Å². The molecule has 0 aliphatic carbocycles. The van der Waals surface area contributed by atoms with Gasteiger partial charge in [-0.05, 0) is 24.3 Å². The van der Waals surface area contributed by atoms with E-state index in [1.165, 1.54) is 0 Å². The number of nitrogens with two attached hydrogens (primary N) is 1. The van der Waals surface area contributed by atoms with E-state index in [0.29, 0.717) is 6.07 Å². The number of hydrogen-bond acceptors (Lipinski definition) is 3. The Balaban J connectivity index is 2.61. The number of aromatic nitrogens is 2. The number of nitrogen functional groups attached to an aromatic ring is 1. The van der Waals surface area contributed by atoms with E-state index >= 15 is 0 Å². The highest BCUT2D eigenvalue weighted by atomic mass is 19.4. The Morgan fingerprint density at radius 3 is 2.32 bits per heavy atom. The van der Waals surface area contributed by atoms with Gasteiger partial charge >= 0.3 is 6.18 Å². The monoisotopic (exact) mass is 275 g/mol. The average Bonchev–Trinajstić information content (AvgIpc) is 2.31. The van der Waals surface area contributed by atoms with Crippen molar-refractivity contribution in [3.63, 3.8) is 0 Å². The number of benzene rings is 1. The molecule has 2 N–H and O–H groups in total. The third-order valence-corrected chi connectivity index (χ3v) is 2.33. The summed E-state index contributed by atoms with van der Waals surface area (Å²) in [4.78, 5) is 0. The van der Waals surface area contributed by atoms with Crippen molar-refractivity contribution >= 4 is 5.82 Å². The molecular weight excluding hydrogens is 269 g/mol. The van der Waals surface area contributed by atoms with E-state index in [1.807, 2.05) is 0 Å². The molecule has 2 aromatic rings. The van der Waals surface area contributed by atoms with Gasteiger partial charge in [0.1, 0.15) is 17.2 Å². The summed E-state index contributed by atoms with van der Waals surface area (Å²) in [5, 5.41) is 6.45. The Hall–Kier alpha value is -2.25. The van der Waals surface area contributed by atoms with Crippen LogP contribution in [0.15, 0.2) is 24.3 Å². The number of alkyl halides is 3. The van der Waals surface area contributed by atoms with Crippen molar-refractivity contribution in [1.82, 2.24) is 10.2 Å². The topological polar surface area (TPSA) is 51.8 Å². The molecule has 1 heterocycles. The van der Waals surface area contributed by atoms with Crippen molar-refractivity contribution in [2.75, 3.05) is 5.73 Å². The van der Waals surface area contributed by atoms with Crippen LogP contribution in [0.25, 0.3) is 11.3 Å². The Morgan fingerprint density at radius 1 is 1.00 bits per heavy atom. The van der Waals surface area contributed by atoms with Gasteiger partial charge in [-0.1, -0.05) is 0 Å². The summed E-state index contributed by atoms with van der Waals surface area (Å²) in [5.41, 5.74) is 2.95. The van der Waals surface area contributed by atoms with Crippen molar-refractivity contribution in [1.29, 1.82) is 0 Å². The van der Waals surface area contributed by atoms with Crippen molar-refractivity contribution < 1.29 is 22.0 Å². The first-order chi connectivity index (χ1) is 8.79. The molecule has 1 aromatic carbocycles. The van der Waals surface area contributed by atoms with Gasteiger partial charge in [0, 0.05) is 5.56 Å². The molecule has 0 saturated carbocycles. The zero-order valence-corrected chi connectivity index (χ0v) is 9.17. The van der Waals surface area contributed by atoms with Gasteiger partial charge < -0.3 is 5.73 Å². The van der Waals surface area contributed by atoms with Crippen LogP contribution in [0.3, 0.4) is 0 Å². The van der Waals surface area contributed by atoms with Crippen LogP contribution in [0.2, 0.25) is 0 Å². The highest BCUT2D eigenvalue weighted by Gasteiger charge is 2.34. The SMILES string of the molecule is Nc1nnc(-c2cc(F)ccc2F)cc1C(F)(F)F. The maximum absolute atomic E-state index is 13.4. The molecule has 0 amide bonds. The third-order valence-electron chi connectivity index (χ3n) is 2.33. The van der Waals surface area contributed by atoms with Crippen LogP contribution in [0.1, 0.15) is 5.56 Å². The predicted octanol–water partition coefficient (Wildman–Crippen LogP) is 3.02. The van der Waals surface area contributed by atoms with Crippen LogP contribution >= 0.6 is 0 Å². The first kappa shape index (κ1) is 13.2. The van der Waals surface area contributed by atoms with E-state index in [4.69, 9.17) is 5.73 Å². The van der Waals surface area contributed by atoms with Crippen molar-refractivity contribution in [3.8, 4) is 11.3 Å². The number of nitrogens with zero attached hydrogens (tertiary/aromatic N) is 2. The van der Waals surface area contributed by atoms with Gasteiger partial charge in [-0.2, -0.15) is 13.2 Å². The van der Waals surface area contributed by atoms with E-state index in [2.05, 4.69) is 10.2 Å². The van der Waals surface area contributed by atoms with Crippen LogP contribution in [-0.4, -0.2) is 10.2 Å². The molecular formula is C11H6F5N3. The smallest absolute Gasteiger partial charge is 0.382 e. The van der Waals surface area contributed by atoms with Gasteiger partial charge in [-0.3, -0.25) is 0 Å². The van der Waals surface area contributed by atoms with E-state index in [0.717, 1.165) is 18.2 Å². The van der Waals surface area contributed by atoms with Crippen LogP contribution in [0.4, 0.5) is 27.8 Å². The second-order valence-corrected chi connectivity index (χ2v) is 3.65. The van der Waals surface area contributed by atoms with Crippen molar-refractivity contribution in [2.24, 2.45) is 0 Å². The molecule has 2 rings (SSSR count). The number of halogens is 5. The molecule has 0 unspecified atom stereocenters. The van der Waals surface area contributed by atoms with Gasteiger partial charge in [0.2, 0.25) is 0 Å². The fourth-order valence-corrected chi connectivity index (χ4v) is 1.45. The molecule has 0 radical (unpaired) electrons. The van der Waals surface area contributed by atoms with E-state index in [1.54, 1.807) is 0 Å². The Kier molecular flexibility index (Phi) is 3.09. The minimum atomic E-state index is -4.75. The number of anilines is 1. The maximum Gasteiger partial charge on any atom is 0.420 e. The summed E-state index contributed by atoms with van der Waals surface area (Å²) >= 11 is 0. The first-order valence-corrected chi connectivity index (χ1v) is 4.95. The van der Waals surface area contributed by atoms with Crippen LogP contribution in [0.5, 0.6) is 0 Å². The summed E-state index contributed by atoms with van der Waals surface area (Å²) < 4.78 is 64.2. The summed E-state index contributed by atoms with van der Waals surface area (Å²) in [6.07, 6.45) is -4.75. The fraction of sp³-hybridized carbons (Fsp3) is 0.0909. The van der Waals surface area contributed by atoms with Gasteiger partial charge in [0.15, 0.2) is 5.82 Å². The van der Waals surface area contributed by atoms with Gasteiger partial charge in [0.25, 0.3) is 0 Å². The molecule has 8 heteroatoms. The molecule has 100 valence electrons. The van der Waals surface area contributed by atoms with Crippen LogP contribution in [-0.2, 0) is 6.18 Å². The molecule has 0 atom stereocenters. The third kappa shape index (κ3) is 2.61. The lowest BCUT2D eigenvalue weighted by Gasteiger charge is -2.10. The Bertz CT molecular complexity index is 624. The molecule has 0 fully saturated rings. The summed E-state index contributed by atoms with van der Waals surface area (Å²) in [5.74, 6) is -2.54. The zero-order chi connectivity index (χ0) is 14.2. The predicted molar refractivity (Wildman–Crippen MR) is 56.8 cm³/mol. The molecule has 3 nitrogen and oxygen atoms in total. The maximum atomic E-state index is 13.4. The van der Waals surface area contributed by atoms with Gasteiger partial charge in [-0.15, -0.1) is 10.2 Å². The molecule has 0 bridgehead atoms. The quantitative estimate of drug-likeness (QED) is 0.814. The zero-order valence-electron chi connectivity index (χ0n) is 9.17. The normalized spacial score (nSPS) is 11.6. The fourth-order valence-electron chi connectivity index (χ4n) is 1.45. The molecule has 0 aliphatic heterocycles. The highest BCUT2D eigenvalue weighted by Crippen LogP contribution is 2.34. The number of rotatable bonds is 1. The Labute approximate surface area is 103 Å². The lowest BCUT2D eigenvalue weighted by atomic mass is 10.1. The van der Waals surface area contributed by atoms with E-state index < -0.39 is 40.4 Å². The second-order valence-electron chi connectivity index (χ2n) is 3.65. The standard InChI is InChI=1S/C11H6F5N3/c12-5-1-2-8(13)6(3-5)9-4-7(11(14,15)16)10(17)19-18-9/h1-4H,(H2,17,19). The largest absolute Gasteiger partial charge is 0.420 e. The lowest BCUT2D eigenvalue weighted by molar-refractivity contribution is -0.137. The highest BCUT2D eigenvalue weighted by molar-refractivity contribution is 5.62.